The van der Waals surface area contributed by atoms with Gasteiger partial charge in [-0.2, -0.15) is 0 Å². The van der Waals surface area contributed by atoms with Crippen molar-refractivity contribution in [1.29, 1.82) is 0 Å². The molecule has 1 aromatic rings. The lowest BCUT2D eigenvalue weighted by molar-refractivity contribution is -0.115. The van der Waals surface area contributed by atoms with Crippen molar-refractivity contribution in [2.24, 2.45) is 0 Å². The van der Waals surface area contributed by atoms with Crippen LogP contribution in [0.2, 0.25) is 0 Å². The molecule has 1 aromatic heterocycles. The van der Waals surface area contributed by atoms with Crippen LogP contribution in [0, 0.1) is 6.92 Å². The highest BCUT2D eigenvalue weighted by Gasteiger charge is 2.01. The summed E-state index contributed by atoms with van der Waals surface area (Å²) < 4.78 is 0. The van der Waals surface area contributed by atoms with E-state index in [1.165, 1.54) is 0 Å². The zero-order chi connectivity index (χ0) is 8.97. The van der Waals surface area contributed by atoms with Gasteiger partial charge in [-0.05, 0) is 18.6 Å². The maximum atomic E-state index is 11.0. The molecule has 0 spiro atoms. The Balaban J connectivity index is 2.75. The van der Waals surface area contributed by atoms with Crippen LogP contribution in [-0.4, -0.2) is 10.9 Å². The summed E-state index contributed by atoms with van der Waals surface area (Å²) in [6, 6.07) is 3.76. The van der Waals surface area contributed by atoms with Gasteiger partial charge in [-0.1, -0.05) is 13.0 Å². The van der Waals surface area contributed by atoms with Crippen molar-refractivity contribution in [3.8, 4) is 0 Å². The second-order valence-corrected chi connectivity index (χ2v) is 2.57. The normalized spacial score (nSPS) is 9.50. The minimum atomic E-state index is -0.00296. The molecule has 3 heteroatoms. The smallest absolute Gasteiger partial charge is 0.225 e. The molecule has 0 aliphatic rings. The fourth-order valence-electron chi connectivity index (χ4n) is 0.837. The Kier molecular flexibility index (Phi) is 2.80. The van der Waals surface area contributed by atoms with E-state index < -0.39 is 0 Å². The maximum Gasteiger partial charge on any atom is 0.225 e. The summed E-state index contributed by atoms with van der Waals surface area (Å²) >= 11 is 0. The molecule has 1 heterocycles. The van der Waals surface area contributed by atoms with E-state index in [0.717, 1.165) is 5.56 Å². The molecule has 0 aromatic carbocycles. The number of hydrogen-bond donors (Lipinski definition) is 1. The molecular formula is C9H12N2O. The molecule has 1 N–H and O–H groups in total. The fourth-order valence-corrected chi connectivity index (χ4v) is 0.837. The van der Waals surface area contributed by atoms with E-state index in [4.69, 9.17) is 0 Å². The molecule has 0 saturated carbocycles. The highest BCUT2D eigenvalue weighted by Crippen LogP contribution is 2.08. The molecule has 0 fully saturated rings. The largest absolute Gasteiger partial charge is 0.310 e. The second-order valence-electron chi connectivity index (χ2n) is 2.57. The number of anilines is 1. The molecule has 0 aliphatic carbocycles. The number of pyridine rings is 1. The average Bonchev–Trinajstić information content (AvgIpc) is 2.09. The summed E-state index contributed by atoms with van der Waals surface area (Å²) in [6.45, 7) is 3.73. The molecule has 0 radical (unpaired) electrons. The first kappa shape index (κ1) is 8.71. The highest BCUT2D eigenvalue weighted by atomic mass is 16.1. The van der Waals surface area contributed by atoms with Crippen LogP contribution in [0.15, 0.2) is 18.3 Å². The third-order valence-corrected chi connectivity index (χ3v) is 1.59. The summed E-state index contributed by atoms with van der Waals surface area (Å²) in [7, 11) is 0. The van der Waals surface area contributed by atoms with Crippen LogP contribution >= 0.6 is 0 Å². The molecule has 0 aliphatic heterocycles. The Morgan fingerprint density at radius 1 is 1.67 bits per heavy atom. The van der Waals surface area contributed by atoms with Crippen LogP contribution in [0.1, 0.15) is 18.9 Å². The van der Waals surface area contributed by atoms with Gasteiger partial charge in [0.2, 0.25) is 5.91 Å². The first-order chi connectivity index (χ1) is 5.74. The van der Waals surface area contributed by atoms with Gasteiger partial charge in [0.1, 0.15) is 5.82 Å². The Bertz CT molecular complexity index is 284. The van der Waals surface area contributed by atoms with Crippen LogP contribution in [0.4, 0.5) is 5.82 Å². The number of hydrogen-bond acceptors (Lipinski definition) is 2. The first-order valence-corrected chi connectivity index (χ1v) is 3.95. The third kappa shape index (κ3) is 2.05. The maximum absolute atomic E-state index is 11.0. The van der Waals surface area contributed by atoms with Crippen LogP contribution in [-0.2, 0) is 4.79 Å². The van der Waals surface area contributed by atoms with Gasteiger partial charge in [0, 0.05) is 12.6 Å². The highest BCUT2D eigenvalue weighted by molar-refractivity contribution is 5.90. The van der Waals surface area contributed by atoms with Crippen molar-refractivity contribution in [2.75, 3.05) is 5.32 Å². The number of carbonyl (C=O) groups excluding carboxylic acids is 1. The monoisotopic (exact) mass is 164 g/mol. The SMILES string of the molecule is CCC(=O)Nc1ncccc1C. The van der Waals surface area contributed by atoms with Crippen LogP contribution in [0.25, 0.3) is 0 Å². The first-order valence-electron chi connectivity index (χ1n) is 3.95. The number of rotatable bonds is 2. The topological polar surface area (TPSA) is 42.0 Å². The number of amides is 1. The Labute approximate surface area is 71.8 Å². The summed E-state index contributed by atoms with van der Waals surface area (Å²) in [5.41, 5.74) is 0.985. The molecule has 3 nitrogen and oxygen atoms in total. The lowest BCUT2D eigenvalue weighted by atomic mass is 10.3. The van der Waals surface area contributed by atoms with Gasteiger partial charge in [-0.3, -0.25) is 4.79 Å². The predicted octanol–water partition coefficient (Wildman–Crippen LogP) is 1.74. The number of aromatic nitrogens is 1. The lowest BCUT2D eigenvalue weighted by Crippen LogP contribution is -2.11. The molecule has 1 amide bonds. The van der Waals surface area contributed by atoms with Gasteiger partial charge in [0.25, 0.3) is 0 Å². The van der Waals surface area contributed by atoms with E-state index in [1.54, 1.807) is 6.20 Å². The van der Waals surface area contributed by atoms with Gasteiger partial charge < -0.3 is 5.32 Å². The van der Waals surface area contributed by atoms with Gasteiger partial charge >= 0.3 is 0 Å². The quantitative estimate of drug-likeness (QED) is 0.723. The minimum Gasteiger partial charge on any atom is -0.310 e. The molecule has 64 valence electrons. The zero-order valence-corrected chi connectivity index (χ0v) is 7.29. The third-order valence-electron chi connectivity index (χ3n) is 1.59. The average molecular weight is 164 g/mol. The zero-order valence-electron chi connectivity index (χ0n) is 7.29. The molecule has 0 unspecified atom stereocenters. The van der Waals surface area contributed by atoms with Gasteiger partial charge in [0.15, 0.2) is 0 Å². The van der Waals surface area contributed by atoms with Crippen molar-refractivity contribution in [3.63, 3.8) is 0 Å². The minimum absolute atomic E-state index is 0.00296. The van der Waals surface area contributed by atoms with Crippen molar-refractivity contribution in [3.05, 3.63) is 23.9 Å². The molecule has 12 heavy (non-hydrogen) atoms. The second kappa shape index (κ2) is 3.85. The molecule has 1 rings (SSSR count). The lowest BCUT2D eigenvalue weighted by Gasteiger charge is -2.04. The summed E-state index contributed by atoms with van der Waals surface area (Å²) in [6.07, 6.45) is 2.15. The van der Waals surface area contributed by atoms with E-state index in [-0.39, 0.29) is 5.91 Å². The van der Waals surface area contributed by atoms with Gasteiger partial charge in [0.05, 0.1) is 0 Å². The van der Waals surface area contributed by atoms with Crippen LogP contribution < -0.4 is 5.32 Å². The van der Waals surface area contributed by atoms with Crippen molar-refractivity contribution in [2.45, 2.75) is 20.3 Å². The van der Waals surface area contributed by atoms with Crippen molar-refractivity contribution < 1.29 is 4.79 Å². The molecule has 0 atom stereocenters. The number of nitrogens with one attached hydrogen (secondary N) is 1. The van der Waals surface area contributed by atoms with Crippen molar-refractivity contribution >= 4 is 11.7 Å². The predicted molar refractivity (Wildman–Crippen MR) is 47.9 cm³/mol. The van der Waals surface area contributed by atoms with Gasteiger partial charge in [-0.15, -0.1) is 0 Å². The Hall–Kier alpha value is -1.38. The van der Waals surface area contributed by atoms with Crippen LogP contribution in [0.5, 0.6) is 0 Å². The van der Waals surface area contributed by atoms with Crippen LogP contribution in [0.3, 0.4) is 0 Å². The summed E-state index contributed by atoms with van der Waals surface area (Å²) in [4.78, 5) is 15.0. The Morgan fingerprint density at radius 2 is 2.42 bits per heavy atom. The van der Waals surface area contributed by atoms with Crippen molar-refractivity contribution in [1.82, 2.24) is 4.98 Å². The fraction of sp³-hybridized carbons (Fsp3) is 0.333. The summed E-state index contributed by atoms with van der Waals surface area (Å²) in [5.74, 6) is 0.654. The van der Waals surface area contributed by atoms with E-state index in [0.29, 0.717) is 12.2 Å². The van der Waals surface area contributed by atoms with E-state index in [2.05, 4.69) is 10.3 Å². The molecule has 0 bridgehead atoms. The van der Waals surface area contributed by atoms with Gasteiger partial charge in [-0.25, -0.2) is 4.98 Å². The standard InChI is InChI=1S/C9H12N2O/c1-3-8(12)11-9-7(2)5-4-6-10-9/h4-6H,3H2,1-2H3,(H,10,11,12). The molecular weight excluding hydrogens is 152 g/mol. The van der Waals surface area contributed by atoms with E-state index in [9.17, 15) is 4.79 Å². The number of nitrogens with zero attached hydrogens (tertiary/aromatic N) is 1. The Morgan fingerprint density at radius 3 is 3.00 bits per heavy atom. The number of carbonyl (C=O) groups is 1. The van der Waals surface area contributed by atoms with E-state index >= 15 is 0 Å². The molecule has 0 saturated heterocycles. The summed E-state index contributed by atoms with van der Waals surface area (Å²) in [5, 5.41) is 2.71. The number of aryl methyl sites for hydroxylation is 1. The van der Waals surface area contributed by atoms with E-state index in [1.807, 2.05) is 26.0 Å².